The van der Waals surface area contributed by atoms with Gasteiger partial charge in [-0.1, -0.05) is 11.6 Å². The molecule has 92 valence electrons. The topological polar surface area (TPSA) is 51.2 Å². The monoisotopic (exact) mass is 254 g/mol. The van der Waals surface area contributed by atoms with E-state index in [2.05, 4.69) is 10.3 Å². The van der Waals surface area contributed by atoms with E-state index in [0.717, 1.165) is 18.4 Å². The lowest BCUT2D eigenvalue weighted by atomic mass is 10.2. The Morgan fingerprint density at radius 1 is 1.59 bits per heavy atom. The molecular weight excluding hydrogens is 240 g/mol. The van der Waals surface area contributed by atoms with Crippen LogP contribution in [0.25, 0.3) is 0 Å². The summed E-state index contributed by atoms with van der Waals surface area (Å²) < 4.78 is 5.50. The number of nitrogens with one attached hydrogen (secondary N) is 1. The Labute approximate surface area is 105 Å². The number of amides is 1. The van der Waals surface area contributed by atoms with Crippen LogP contribution < -0.4 is 5.32 Å². The summed E-state index contributed by atoms with van der Waals surface area (Å²) in [5, 5.41) is 3.09. The fourth-order valence-corrected chi connectivity index (χ4v) is 2.13. The minimum absolute atomic E-state index is 0.146. The minimum atomic E-state index is -0.374. The lowest BCUT2D eigenvalue weighted by Gasteiger charge is -2.13. The van der Waals surface area contributed by atoms with E-state index in [1.165, 1.54) is 0 Å². The summed E-state index contributed by atoms with van der Waals surface area (Å²) in [7, 11) is 0. The number of carbonyl (C=O) groups excluding carboxylic acids is 1. The Balaban J connectivity index is 2.08. The number of hydrogen-bond donors (Lipinski definition) is 1. The third-order valence-corrected chi connectivity index (χ3v) is 3.17. The van der Waals surface area contributed by atoms with Crippen LogP contribution in [-0.2, 0) is 9.53 Å². The second kappa shape index (κ2) is 5.02. The second-order valence-electron chi connectivity index (χ2n) is 4.30. The van der Waals surface area contributed by atoms with E-state index in [-0.39, 0.29) is 18.1 Å². The van der Waals surface area contributed by atoms with Crippen LogP contribution in [0, 0.1) is 6.92 Å². The first-order valence-corrected chi connectivity index (χ1v) is 6.03. The van der Waals surface area contributed by atoms with Crippen molar-refractivity contribution in [3.63, 3.8) is 0 Å². The SMILES string of the molecule is Cc1ccnc(Cl)c1NC(=O)C1CCC(C)O1. The summed E-state index contributed by atoms with van der Waals surface area (Å²) in [6.07, 6.45) is 3.06. The fraction of sp³-hybridized carbons (Fsp3) is 0.500. The third kappa shape index (κ3) is 2.76. The number of anilines is 1. The largest absolute Gasteiger partial charge is 0.365 e. The lowest BCUT2D eigenvalue weighted by Crippen LogP contribution is -2.28. The number of nitrogens with zero attached hydrogens (tertiary/aromatic N) is 1. The molecule has 1 N–H and O–H groups in total. The number of carbonyl (C=O) groups is 1. The van der Waals surface area contributed by atoms with E-state index < -0.39 is 0 Å². The summed E-state index contributed by atoms with van der Waals surface area (Å²) in [6, 6.07) is 1.81. The molecule has 1 aliphatic rings. The Bertz CT molecular complexity index is 416. The van der Waals surface area contributed by atoms with Gasteiger partial charge in [-0.3, -0.25) is 4.79 Å². The number of aromatic nitrogens is 1. The molecule has 0 bridgehead atoms. The van der Waals surface area contributed by atoms with Gasteiger partial charge in [0.15, 0.2) is 5.15 Å². The Morgan fingerprint density at radius 2 is 2.35 bits per heavy atom. The van der Waals surface area contributed by atoms with E-state index in [0.29, 0.717) is 10.8 Å². The standard InChI is InChI=1S/C12H15ClN2O2/c1-7-5-6-14-11(13)10(7)15-12(16)9-4-3-8(2)17-9/h5-6,8-9H,3-4H2,1-2H3,(H,15,16). The van der Waals surface area contributed by atoms with Crippen molar-refractivity contribution in [2.75, 3.05) is 5.32 Å². The molecular formula is C12H15ClN2O2. The molecule has 2 rings (SSSR count). The Morgan fingerprint density at radius 3 is 2.94 bits per heavy atom. The van der Waals surface area contributed by atoms with Gasteiger partial charge in [0.05, 0.1) is 11.8 Å². The van der Waals surface area contributed by atoms with Crippen LogP contribution in [-0.4, -0.2) is 23.1 Å². The third-order valence-electron chi connectivity index (χ3n) is 2.89. The van der Waals surface area contributed by atoms with Gasteiger partial charge in [0.1, 0.15) is 6.10 Å². The molecule has 17 heavy (non-hydrogen) atoms. The van der Waals surface area contributed by atoms with Gasteiger partial charge in [0, 0.05) is 6.20 Å². The predicted octanol–water partition coefficient (Wildman–Crippen LogP) is 2.55. The molecule has 0 aliphatic carbocycles. The summed E-state index contributed by atoms with van der Waals surface area (Å²) in [5.74, 6) is -0.146. The Hall–Kier alpha value is -1.13. The molecule has 2 atom stereocenters. The van der Waals surface area contributed by atoms with Gasteiger partial charge in [-0.2, -0.15) is 0 Å². The molecule has 2 heterocycles. The van der Waals surface area contributed by atoms with Gasteiger partial charge >= 0.3 is 0 Å². The molecule has 2 unspecified atom stereocenters. The zero-order valence-corrected chi connectivity index (χ0v) is 10.6. The van der Waals surface area contributed by atoms with Crippen LogP contribution in [0.2, 0.25) is 5.15 Å². The van der Waals surface area contributed by atoms with E-state index in [1.807, 2.05) is 13.8 Å². The molecule has 4 nitrogen and oxygen atoms in total. The van der Waals surface area contributed by atoms with Crippen LogP contribution in [0.4, 0.5) is 5.69 Å². The summed E-state index contributed by atoms with van der Waals surface area (Å²) in [5.41, 5.74) is 1.46. The van der Waals surface area contributed by atoms with Crippen LogP contribution in [0.15, 0.2) is 12.3 Å². The summed E-state index contributed by atoms with van der Waals surface area (Å²) in [4.78, 5) is 15.9. The van der Waals surface area contributed by atoms with Gasteiger partial charge in [0.25, 0.3) is 5.91 Å². The molecule has 1 fully saturated rings. The molecule has 1 saturated heterocycles. The fourth-order valence-electron chi connectivity index (χ4n) is 1.87. The molecule has 0 saturated carbocycles. The molecule has 5 heteroatoms. The molecule has 1 aliphatic heterocycles. The number of halogens is 1. The first kappa shape index (κ1) is 12.3. The number of aryl methyl sites for hydroxylation is 1. The van der Waals surface area contributed by atoms with Crippen molar-refractivity contribution in [1.82, 2.24) is 4.98 Å². The number of ether oxygens (including phenoxy) is 1. The molecule has 1 aromatic heterocycles. The number of rotatable bonds is 2. The Kier molecular flexibility index (Phi) is 3.64. The van der Waals surface area contributed by atoms with Gasteiger partial charge in [-0.05, 0) is 38.3 Å². The van der Waals surface area contributed by atoms with E-state index in [1.54, 1.807) is 12.3 Å². The maximum Gasteiger partial charge on any atom is 0.253 e. The summed E-state index contributed by atoms with van der Waals surface area (Å²) >= 11 is 5.94. The normalized spacial score (nSPS) is 23.7. The van der Waals surface area contributed by atoms with Gasteiger partial charge in [-0.25, -0.2) is 4.98 Å². The predicted molar refractivity (Wildman–Crippen MR) is 66.2 cm³/mol. The van der Waals surface area contributed by atoms with Crippen LogP contribution >= 0.6 is 11.6 Å². The molecule has 0 aromatic carbocycles. The zero-order valence-electron chi connectivity index (χ0n) is 9.87. The van der Waals surface area contributed by atoms with Crippen molar-refractivity contribution in [2.24, 2.45) is 0 Å². The number of pyridine rings is 1. The van der Waals surface area contributed by atoms with Crippen LogP contribution in [0.3, 0.4) is 0 Å². The summed E-state index contributed by atoms with van der Waals surface area (Å²) in [6.45, 7) is 3.84. The maximum absolute atomic E-state index is 11.9. The minimum Gasteiger partial charge on any atom is -0.365 e. The molecule has 0 spiro atoms. The number of hydrogen-bond acceptors (Lipinski definition) is 3. The van der Waals surface area contributed by atoms with Crippen molar-refractivity contribution in [3.05, 3.63) is 23.0 Å². The van der Waals surface area contributed by atoms with E-state index >= 15 is 0 Å². The second-order valence-corrected chi connectivity index (χ2v) is 4.65. The first-order valence-electron chi connectivity index (χ1n) is 5.65. The highest BCUT2D eigenvalue weighted by molar-refractivity contribution is 6.32. The maximum atomic E-state index is 11.9. The average Bonchev–Trinajstić information content (AvgIpc) is 2.70. The van der Waals surface area contributed by atoms with Crippen molar-refractivity contribution >= 4 is 23.2 Å². The highest BCUT2D eigenvalue weighted by Crippen LogP contribution is 2.25. The highest BCUT2D eigenvalue weighted by atomic mass is 35.5. The van der Waals surface area contributed by atoms with E-state index in [9.17, 15) is 4.79 Å². The van der Waals surface area contributed by atoms with Gasteiger partial charge in [0.2, 0.25) is 0 Å². The average molecular weight is 255 g/mol. The van der Waals surface area contributed by atoms with E-state index in [4.69, 9.17) is 16.3 Å². The lowest BCUT2D eigenvalue weighted by molar-refractivity contribution is -0.126. The quantitative estimate of drug-likeness (QED) is 0.826. The van der Waals surface area contributed by atoms with Crippen LogP contribution in [0.5, 0.6) is 0 Å². The molecule has 1 amide bonds. The van der Waals surface area contributed by atoms with Gasteiger partial charge < -0.3 is 10.1 Å². The zero-order chi connectivity index (χ0) is 12.4. The van der Waals surface area contributed by atoms with Gasteiger partial charge in [-0.15, -0.1) is 0 Å². The molecule has 0 radical (unpaired) electrons. The molecule has 1 aromatic rings. The van der Waals surface area contributed by atoms with Crippen LogP contribution in [0.1, 0.15) is 25.3 Å². The van der Waals surface area contributed by atoms with Crippen molar-refractivity contribution in [2.45, 2.75) is 38.9 Å². The first-order chi connectivity index (χ1) is 8.08. The highest BCUT2D eigenvalue weighted by Gasteiger charge is 2.28. The smallest absolute Gasteiger partial charge is 0.253 e. The van der Waals surface area contributed by atoms with Crippen molar-refractivity contribution in [3.8, 4) is 0 Å². The van der Waals surface area contributed by atoms with Crippen molar-refractivity contribution in [1.29, 1.82) is 0 Å². The van der Waals surface area contributed by atoms with Crippen molar-refractivity contribution < 1.29 is 9.53 Å².